The van der Waals surface area contributed by atoms with Crippen molar-refractivity contribution in [2.24, 2.45) is 0 Å². The Balaban J connectivity index is 2.59. The van der Waals surface area contributed by atoms with Crippen molar-refractivity contribution in [2.45, 2.75) is 32.7 Å². The summed E-state index contributed by atoms with van der Waals surface area (Å²) >= 11 is 0. The lowest BCUT2D eigenvalue weighted by molar-refractivity contribution is 0.301. The predicted molar refractivity (Wildman–Crippen MR) is 45.1 cm³/mol. The summed E-state index contributed by atoms with van der Waals surface area (Å²) in [5, 5.41) is 0. The molecular formula is C9H17N. The van der Waals surface area contributed by atoms with Crippen molar-refractivity contribution < 1.29 is 0 Å². The largest absolute Gasteiger partial charge is 0.300 e. The molecule has 1 heteroatoms. The van der Waals surface area contributed by atoms with Crippen LogP contribution in [-0.2, 0) is 0 Å². The smallest absolute Gasteiger partial charge is 0.0249 e. The van der Waals surface area contributed by atoms with Gasteiger partial charge in [-0.2, -0.15) is 0 Å². The van der Waals surface area contributed by atoms with Gasteiger partial charge in [-0.3, -0.25) is 0 Å². The topological polar surface area (TPSA) is 3.24 Å². The molecule has 1 heterocycles. The first-order chi connectivity index (χ1) is 4.70. The van der Waals surface area contributed by atoms with Crippen molar-refractivity contribution in [1.82, 2.24) is 4.90 Å². The van der Waals surface area contributed by atoms with E-state index in [2.05, 4.69) is 31.9 Å². The van der Waals surface area contributed by atoms with Crippen LogP contribution in [0.25, 0.3) is 0 Å². The van der Waals surface area contributed by atoms with Gasteiger partial charge in [-0.05, 0) is 40.3 Å². The molecule has 0 spiro atoms. The molecule has 0 aromatic carbocycles. The van der Waals surface area contributed by atoms with Gasteiger partial charge in [0.05, 0.1) is 0 Å². The van der Waals surface area contributed by atoms with Crippen LogP contribution in [0.15, 0.2) is 11.6 Å². The van der Waals surface area contributed by atoms with Crippen molar-refractivity contribution >= 4 is 0 Å². The minimum absolute atomic E-state index is 0.641. The first-order valence-electron chi connectivity index (χ1n) is 4.07. The second-order valence-electron chi connectivity index (χ2n) is 3.34. The van der Waals surface area contributed by atoms with Gasteiger partial charge < -0.3 is 4.90 Å². The molecule has 0 N–H and O–H groups in total. The van der Waals surface area contributed by atoms with E-state index in [9.17, 15) is 0 Å². The molecule has 58 valence electrons. The van der Waals surface area contributed by atoms with Crippen LogP contribution in [-0.4, -0.2) is 24.5 Å². The molecule has 10 heavy (non-hydrogen) atoms. The van der Waals surface area contributed by atoms with Gasteiger partial charge in [0, 0.05) is 6.04 Å². The number of nitrogens with zero attached hydrogens (tertiary/aromatic N) is 1. The van der Waals surface area contributed by atoms with Gasteiger partial charge in [0.2, 0.25) is 0 Å². The lowest BCUT2D eigenvalue weighted by Crippen LogP contribution is -2.26. The van der Waals surface area contributed by atoms with Crippen molar-refractivity contribution in [2.75, 3.05) is 13.6 Å². The summed E-state index contributed by atoms with van der Waals surface area (Å²) in [6, 6.07) is 0.641. The van der Waals surface area contributed by atoms with Gasteiger partial charge in [-0.25, -0.2) is 0 Å². The molecule has 0 radical (unpaired) electrons. The highest BCUT2D eigenvalue weighted by atomic mass is 15.1. The van der Waals surface area contributed by atoms with Crippen LogP contribution in [0.5, 0.6) is 0 Å². The molecule has 0 aromatic rings. The second-order valence-corrected chi connectivity index (χ2v) is 3.34. The van der Waals surface area contributed by atoms with E-state index in [1.54, 1.807) is 5.57 Å². The Morgan fingerprint density at radius 1 is 1.60 bits per heavy atom. The van der Waals surface area contributed by atoms with Crippen LogP contribution in [0.1, 0.15) is 26.7 Å². The van der Waals surface area contributed by atoms with Crippen molar-refractivity contribution in [1.29, 1.82) is 0 Å². The van der Waals surface area contributed by atoms with Crippen LogP contribution in [0.3, 0.4) is 0 Å². The fraction of sp³-hybridized carbons (Fsp3) is 0.778. The zero-order valence-corrected chi connectivity index (χ0v) is 7.22. The first kappa shape index (κ1) is 7.80. The molecule has 1 aliphatic rings. The van der Waals surface area contributed by atoms with E-state index in [4.69, 9.17) is 0 Å². The average molecular weight is 139 g/mol. The zero-order chi connectivity index (χ0) is 7.56. The zero-order valence-electron chi connectivity index (χ0n) is 7.22. The fourth-order valence-corrected chi connectivity index (χ4v) is 1.43. The fourth-order valence-electron chi connectivity index (χ4n) is 1.43. The van der Waals surface area contributed by atoms with E-state index in [0.717, 1.165) is 0 Å². The van der Waals surface area contributed by atoms with E-state index in [1.165, 1.54) is 19.4 Å². The average Bonchev–Trinajstić information content (AvgIpc) is 1.96. The standard InChI is InChI=1S/C9H17N/c1-8-5-4-6-10(3)9(2)7-8/h7,9H,4-6H2,1-3H3/t9-/m1/s1. The highest BCUT2D eigenvalue weighted by Gasteiger charge is 2.09. The molecule has 1 nitrogen and oxygen atoms in total. The van der Waals surface area contributed by atoms with Crippen LogP contribution in [0, 0.1) is 0 Å². The molecule has 0 saturated heterocycles. The maximum Gasteiger partial charge on any atom is 0.0249 e. The predicted octanol–water partition coefficient (Wildman–Crippen LogP) is 2.05. The van der Waals surface area contributed by atoms with Gasteiger partial charge in [-0.15, -0.1) is 0 Å². The third kappa shape index (κ3) is 1.84. The Bertz CT molecular complexity index is 138. The summed E-state index contributed by atoms with van der Waals surface area (Å²) in [4.78, 5) is 2.40. The third-order valence-electron chi connectivity index (χ3n) is 2.30. The molecular weight excluding hydrogens is 122 g/mol. The molecule has 1 rings (SSSR count). The normalized spacial score (nSPS) is 29.5. The minimum atomic E-state index is 0.641. The molecule has 0 aromatic heterocycles. The van der Waals surface area contributed by atoms with Gasteiger partial charge in [0.25, 0.3) is 0 Å². The molecule has 0 saturated carbocycles. The van der Waals surface area contributed by atoms with Crippen LogP contribution < -0.4 is 0 Å². The van der Waals surface area contributed by atoms with E-state index in [1.807, 2.05) is 0 Å². The van der Waals surface area contributed by atoms with Gasteiger partial charge in [0.1, 0.15) is 0 Å². The van der Waals surface area contributed by atoms with Gasteiger partial charge in [0.15, 0.2) is 0 Å². The highest BCUT2D eigenvalue weighted by molar-refractivity contribution is 5.05. The van der Waals surface area contributed by atoms with E-state index in [-0.39, 0.29) is 0 Å². The Hall–Kier alpha value is -0.300. The Labute approximate surface area is 63.7 Å². The quantitative estimate of drug-likeness (QED) is 0.464. The number of allylic oxidation sites excluding steroid dienone is 1. The summed E-state index contributed by atoms with van der Waals surface area (Å²) in [5.41, 5.74) is 1.55. The molecule has 1 atom stereocenters. The lowest BCUT2D eigenvalue weighted by atomic mass is 10.1. The maximum absolute atomic E-state index is 2.40. The lowest BCUT2D eigenvalue weighted by Gasteiger charge is -2.19. The van der Waals surface area contributed by atoms with Gasteiger partial charge >= 0.3 is 0 Å². The number of rotatable bonds is 0. The first-order valence-corrected chi connectivity index (χ1v) is 4.07. The minimum Gasteiger partial charge on any atom is -0.300 e. The Kier molecular flexibility index (Phi) is 2.50. The maximum atomic E-state index is 2.40. The highest BCUT2D eigenvalue weighted by Crippen LogP contribution is 2.13. The molecule has 1 aliphatic heterocycles. The second kappa shape index (κ2) is 3.20. The van der Waals surface area contributed by atoms with Crippen LogP contribution >= 0.6 is 0 Å². The number of hydrogen-bond acceptors (Lipinski definition) is 1. The van der Waals surface area contributed by atoms with Crippen molar-refractivity contribution in [3.05, 3.63) is 11.6 Å². The van der Waals surface area contributed by atoms with Crippen molar-refractivity contribution in [3.8, 4) is 0 Å². The Morgan fingerprint density at radius 2 is 2.30 bits per heavy atom. The number of hydrogen-bond donors (Lipinski definition) is 0. The summed E-state index contributed by atoms with van der Waals surface area (Å²) in [5.74, 6) is 0. The van der Waals surface area contributed by atoms with E-state index in [0.29, 0.717) is 6.04 Å². The molecule has 0 bridgehead atoms. The van der Waals surface area contributed by atoms with E-state index >= 15 is 0 Å². The summed E-state index contributed by atoms with van der Waals surface area (Å²) in [6.07, 6.45) is 4.98. The Morgan fingerprint density at radius 3 is 3.00 bits per heavy atom. The molecule has 0 aliphatic carbocycles. The summed E-state index contributed by atoms with van der Waals surface area (Å²) < 4.78 is 0. The monoisotopic (exact) mass is 139 g/mol. The number of likely N-dealkylation sites (N-methyl/N-ethyl adjacent to an activating group) is 1. The van der Waals surface area contributed by atoms with Gasteiger partial charge in [-0.1, -0.05) is 11.6 Å². The summed E-state index contributed by atoms with van der Waals surface area (Å²) in [7, 11) is 2.19. The van der Waals surface area contributed by atoms with Crippen LogP contribution in [0.2, 0.25) is 0 Å². The van der Waals surface area contributed by atoms with E-state index < -0.39 is 0 Å². The third-order valence-corrected chi connectivity index (χ3v) is 2.30. The van der Waals surface area contributed by atoms with Crippen LogP contribution in [0.4, 0.5) is 0 Å². The SMILES string of the molecule is CC1=C[C@@H](C)N(C)CCC1. The summed E-state index contributed by atoms with van der Waals surface area (Å²) in [6.45, 7) is 5.74. The molecule has 0 unspecified atom stereocenters. The molecule has 0 amide bonds. The molecule has 0 fully saturated rings. The van der Waals surface area contributed by atoms with Crippen molar-refractivity contribution in [3.63, 3.8) is 0 Å².